The van der Waals surface area contributed by atoms with Gasteiger partial charge < -0.3 is 20.3 Å². The van der Waals surface area contributed by atoms with Crippen LogP contribution < -0.4 is 15.5 Å². The second kappa shape index (κ2) is 8.79. The molecule has 2 N–H and O–H groups in total. The van der Waals surface area contributed by atoms with E-state index in [2.05, 4.69) is 54.6 Å². The minimum Gasteiger partial charge on any atom is -0.377 e. The number of imidazole rings is 1. The third-order valence-electron chi connectivity index (χ3n) is 7.03. The minimum absolute atomic E-state index is 0.106. The fourth-order valence-corrected chi connectivity index (χ4v) is 4.99. The zero-order valence-electron chi connectivity index (χ0n) is 19.8. The van der Waals surface area contributed by atoms with Crippen molar-refractivity contribution in [3.8, 4) is 12.1 Å². The standard InChI is InChI=1S/C24H25ClN10O/c1-24(13-36-14-24)34-6-4-33(5-7-34)19-9-15(10-26)8-18(20(19)25)30-23-31-21(29-16-2-3-16)22-28-12-17(11-27)35(22)32-23/h8-9,12,16H,2-7,13-14H2,1H3,(H2,29,30,31,32). The molecule has 2 saturated heterocycles. The first-order valence-electron chi connectivity index (χ1n) is 12.0. The number of ether oxygens (including phenoxy) is 1. The van der Waals surface area contributed by atoms with Crippen molar-refractivity contribution in [2.24, 2.45) is 0 Å². The molecule has 0 bridgehead atoms. The van der Waals surface area contributed by atoms with Crippen LogP contribution in [0.5, 0.6) is 0 Å². The number of aromatic nitrogens is 4. The van der Waals surface area contributed by atoms with E-state index >= 15 is 0 Å². The first-order valence-corrected chi connectivity index (χ1v) is 12.4. The zero-order valence-corrected chi connectivity index (χ0v) is 20.6. The highest BCUT2D eigenvalue weighted by Crippen LogP contribution is 2.37. The van der Waals surface area contributed by atoms with Crippen LogP contribution in [0.3, 0.4) is 0 Å². The number of hydrogen-bond donors (Lipinski definition) is 2. The molecular weight excluding hydrogens is 480 g/mol. The van der Waals surface area contributed by atoms with Crippen LogP contribution in [0.4, 0.5) is 23.1 Å². The lowest BCUT2D eigenvalue weighted by molar-refractivity contribution is -0.131. The topological polar surface area (TPSA) is 130 Å². The summed E-state index contributed by atoms with van der Waals surface area (Å²) < 4.78 is 6.90. The molecule has 0 unspecified atom stereocenters. The Labute approximate surface area is 213 Å². The maximum absolute atomic E-state index is 9.71. The Kier molecular flexibility index (Phi) is 5.56. The summed E-state index contributed by atoms with van der Waals surface area (Å²) in [5.41, 5.74) is 2.71. The van der Waals surface area contributed by atoms with Crippen molar-refractivity contribution in [2.75, 3.05) is 54.9 Å². The molecule has 36 heavy (non-hydrogen) atoms. The van der Waals surface area contributed by atoms with Gasteiger partial charge >= 0.3 is 0 Å². The lowest BCUT2D eigenvalue weighted by Crippen LogP contribution is -2.64. The molecule has 1 aliphatic carbocycles. The molecule has 2 aliphatic heterocycles. The zero-order chi connectivity index (χ0) is 24.9. The van der Waals surface area contributed by atoms with Gasteiger partial charge in [0.15, 0.2) is 17.2 Å². The van der Waals surface area contributed by atoms with Gasteiger partial charge in [0, 0.05) is 32.2 Å². The summed E-state index contributed by atoms with van der Waals surface area (Å²) in [7, 11) is 0. The fourth-order valence-electron chi connectivity index (χ4n) is 4.71. The molecule has 6 rings (SSSR count). The van der Waals surface area contributed by atoms with Crippen molar-refractivity contribution in [2.45, 2.75) is 31.3 Å². The number of anilines is 4. The van der Waals surface area contributed by atoms with Gasteiger partial charge in [-0.3, -0.25) is 4.90 Å². The highest BCUT2D eigenvalue weighted by Gasteiger charge is 2.40. The Morgan fingerprint density at radius 3 is 2.56 bits per heavy atom. The van der Waals surface area contributed by atoms with Gasteiger partial charge in [-0.05, 0) is 31.9 Å². The molecule has 0 spiro atoms. The van der Waals surface area contributed by atoms with Gasteiger partial charge in [0.2, 0.25) is 5.95 Å². The van der Waals surface area contributed by atoms with Gasteiger partial charge in [-0.25, -0.2) is 4.98 Å². The molecule has 1 saturated carbocycles. The first kappa shape index (κ1) is 22.8. The van der Waals surface area contributed by atoms with Gasteiger partial charge in [0.1, 0.15) is 6.07 Å². The molecule has 0 atom stereocenters. The maximum atomic E-state index is 9.71. The third-order valence-corrected chi connectivity index (χ3v) is 7.43. The molecule has 3 aromatic rings. The number of nitriles is 2. The van der Waals surface area contributed by atoms with E-state index in [9.17, 15) is 10.5 Å². The third kappa shape index (κ3) is 4.05. The molecule has 1 aromatic carbocycles. The number of nitrogens with zero attached hydrogens (tertiary/aromatic N) is 8. The van der Waals surface area contributed by atoms with Crippen molar-refractivity contribution < 1.29 is 4.74 Å². The molecule has 3 fully saturated rings. The van der Waals surface area contributed by atoms with E-state index < -0.39 is 0 Å². The molecule has 4 heterocycles. The van der Waals surface area contributed by atoms with E-state index in [1.54, 1.807) is 6.07 Å². The Balaban J connectivity index is 1.30. The molecule has 0 amide bonds. The van der Waals surface area contributed by atoms with Crippen LogP contribution in [-0.4, -0.2) is 75.5 Å². The van der Waals surface area contributed by atoms with Gasteiger partial charge in [-0.2, -0.15) is 20.0 Å². The van der Waals surface area contributed by atoms with Crippen LogP contribution in [0.1, 0.15) is 31.0 Å². The number of nitrogens with one attached hydrogen (secondary N) is 2. The van der Waals surface area contributed by atoms with Crippen molar-refractivity contribution in [1.82, 2.24) is 24.5 Å². The number of benzene rings is 1. The van der Waals surface area contributed by atoms with E-state index in [4.69, 9.17) is 16.3 Å². The molecule has 3 aliphatic rings. The number of rotatable bonds is 6. The summed E-state index contributed by atoms with van der Waals surface area (Å²) in [4.78, 5) is 13.6. The van der Waals surface area contributed by atoms with Gasteiger partial charge in [-0.1, -0.05) is 11.6 Å². The average Bonchev–Trinajstić information content (AvgIpc) is 3.59. The largest absolute Gasteiger partial charge is 0.377 e. The van der Waals surface area contributed by atoms with Gasteiger partial charge in [-0.15, -0.1) is 5.10 Å². The quantitative estimate of drug-likeness (QED) is 0.516. The lowest BCUT2D eigenvalue weighted by atomic mass is 9.97. The Morgan fingerprint density at radius 1 is 1.14 bits per heavy atom. The van der Waals surface area contributed by atoms with E-state index in [-0.39, 0.29) is 11.5 Å². The summed E-state index contributed by atoms with van der Waals surface area (Å²) in [5.74, 6) is 0.805. The van der Waals surface area contributed by atoms with Crippen molar-refractivity contribution in [3.05, 3.63) is 34.6 Å². The highest BCUT2D eigenvalue weighted by molar-refractivity contribution is 6.36. The van der Waals surface area contributed by atoms with Crippen molar-refractivity contribution in [1.29, 1.82) is 10.5 Å². The summed E-state index contributed by atoms with van der Waals surface area (Å²) in [6.45, 7) is 7.13. The first-order chi connectivity index (χ1) is 17.5. The maximum Gasteiger partial charge on any atom is 0.247 e. The predicted molar refractivity (Wildman–Crippen MR) is 135 cm³/mol. The summed E-state index contributed by atoms with van der Waals surface area (Å²) in [6, 6.07) is 8.20. The van der Waals surface area contributed by atoms with E-state index in [1.807, 2.05) is 6.07 Å². The van der Waals surface area contributed by atoms with E-state index in [1.165, 1.54) is 10.7 Å². The summed E-state index contributed by atoms with van der Waals surface area (Å²) in [6.07, 6.45) is 3.59. The Morgan fingerprint density at radius 2 is 1.92 bits per heavy atom. The molecule has 184 valence electrons. The SMILES string of the molecule is CC1(N2CCN(c3cc(C#N)cc(Nc4nc(NC5CC5)c5ncc(C#N)n5n4)c3Cl)CC2)COC1. The van der Waals surface area contributed by atoms with E-state index in [0.717, 1.165) is 57.9 Å². The minimum atomic E-state index is 0.106. The number of piperazine rings is 1. The van der Waals surface area contributed by atoms with Crippen LogP contribution in [0, 0.1) is 22.7 Å². The van der Waals surface area contributed by atoms with Crippen LogP contribution in [0.25, 0.3) is 5.65 Å². The number of halogens is 1. The highest BCUT2D eigenvalue weighted by atomic mass is 35.5. The Bertz CT molecular complexity index is 1410. The molecular formula is C24H25ClN10O. The van der Waals surface area contributed by atoms with Crippen molar-refractivity contribution >= 4 is 40.4 Å². The van der Waals surface area contributed by atoms with Crippen LogP contribution in [-0.2, 0) is 4.74 Å². The second-order valence-corrected chi connectivity index (χ2v) is 10.1. The predicted octanol–water partition coefficient (Wildman–Crippen LogP) is 2.75. The monoisotopic (exact) mass is 504 g/mol. The average molecular weight is 505 g/mol. The van der Waals surface area contributed by atoms with Crippen molar-refractivity contribution in [3.63, 3.8) is 0 Å². The summed E-state index contributed by atoms with van der Waals surface area (Å²) in [5, 5.41) is 30.7. The lowest BCUT2D eigenvalue weighted by Gasteiger charge is -2.50. The van der Waals surface area contributed by atoms with Crippen LogP contribution in [0.15, 0.2) is 18.3 Å². The normalized spacial score (nSPS) is 19.4. The number of hydrogen-bond acceptors (Lipinski definition) is 10. The summed E-state index contributed by atoms with van der Waals surface area (Å²) >= 11 is 6.89. The van der Waals surface area contributed by atoms with Gasteiger partial charge in [0.05, 0.1) is 53.0 Å². The second-order valence-electron chi connectivity index (χ2n) is 9.75. The van der Waals surface area contributed by atoms with Crippen LogP contribution >= 0.6 is 11.6 Å². The Hall–Kier alpha value is -3.64. The smallest absolute Gasteiger partial charge is 0.247 e. The van der Waals surface area contributed by atoms with Gasteiger partial charge in [0.25, 0.3) is 0 Å². The number of fused-ring (bicyclic) bond motifs is 1. The van der Waals surface area contributed by atoms with E-state index in [0.29, 0.717) is 39.5 Å². The fraction of sp³-hybridized carbons (Fsp3) is 0.458. The van der Waals surface area contributed by atoms with Crippen LogP contribution in [0.2, 0.25) is 5.02 Å². The molecule has 12 heteroatoms. The molecule has 2 aromatic heterocycles. The molecule has 0 radical (unpaired) electrons. The molecule has 11 nitrogen and oxygen atoms in total.